The predicted octanol–water partition coefficient (Wildman–Crippen LogP) is 2.14. The van der Waals surface area contributed by atoms with Crippen LogP contribution in [0.1, 0.15) is 12.0 Å². The average molecular weight is 353 g/mol. The van der Waals surface area contributed by atoms with Crippen LogP contribution in [0.2, 0.25) is 0 Å². The zero-order chi connectivity index (χ0) is 17.5. The Kier molecular flexibility index (Phi) is 7.24. The number of ether oxygens (including phenoxy) is 2. The maximum absolute atomic E-state index is 12.9. The van der Waals surface area contributed by atoms with Crippen molar-refractivity contribution in [3.63, 3.8) is 0 Å². The molecular formula is C18H28N2O3S. The van der Waals surface area contributed by atoms with Crippen LogP contribution in [-0.2, 0) is 11.2 Å². The molecule has 5 nitrogen and oxygen atoms in total. The number of thioether (sulfide) groups is 1. The second-order valence-electron chi connectivity index (χ2n) is 6.30. The molecule has 1 aliphatic heterocycles. The van der Waals surface area contributed by atoms with Gasteiger partial charge in [-0.1, -0.05) is 6.07 Å². The van der Waals surface area contributed by atoms with E-state index in [9.17, 15) is 4.79 Å². The van der Waals surface area contributed by atoms with Gasteiger partial charge in [-0.3, -0.25) is 4.79 Å². The van der Waals surface area contributed by atoms with Gasteiger partial charge < -0.3 is 19.3 Å². The van der Waals surface area contributed by atoms with E-state index in [2.05, 4.69) is 23.9 Å². The van der Waals surface area contributed by atoms with Gasteiger partial charge in [0.15, 0.2) is 11.5 Å². The van der Waals surface area contributed by atoms with Crippen LogP contribution in [0.25, 0.3) is 0 Å². The minimum atomic E-state index is 0.191. The summed E-state index contributed by atoms with van der Waals surface area (Å²) in [6.45, 7) is 1.75. The highest BCUT2D eigenvalue weighted by Crippen LogP contribution is 2.28. The van der Waals surface area contributed by atoms with E-state index in [0.29, 0.717) is 17.9 Å². The molecule has 1 amide bonds. The van der Waals surface area contributed by atoms with Crippen LogP contribution in [0, 0.1) is 0 Å². The largest absolute Gasteiger partial charge is 0.493 e. The molecule has 6 heteroatoms. The van der Waals surface area contributed by atoms with Crippen LogP contribution >= 0.6 is 11.8 Å². The zero-order valence-electron chi connectivity index (χ0n) is 15.1. The molecule has 1 heterocycles. The Morgan fingerprint density at radius 3 is 2.71 bits per heavy atom. The summed E-state index contributed by atoms with van der Waals surface area (Å²) in [7, 11) is 7.35. The van der Waals surface area contributed by atoms with Gasteiger partial charge in [-0.2, -0.15) is 11.8 Å². The van der Waals surface area contributed by atoms with Gasteiger partial charge in [-0.05, 0) is 44.0 Å². The van der Waals surface area contributed by atoms with Crippen molar-refractivity contribution in [2.24, 2.45) is 0 Å². The number of methoxy groups -OCH3 is 2. The number of carbonyl (C=O) groups excluding carboxylic acids is 1. The zero-order valence-corrected chi connectivity index (χ0v) is 15.9. The molecule has 0 bridgehead atoms. The molecule has 1 aromatic rings. The maximum Gasteiger partial charge on any atom is 0.227 e. The van der Waals surface area contributed by atoms with Gasteiger partial charge in [0.25, 0.3) is 0 Å². The van der Waals surface area contributed by atoms with Crippen molar-refractivity contribution >= 4 is 17.7 Å². The highest BCUT2D eigenvalue weighted by Gasteiger charge is 2.26. The van der Waals surface area contributed by atoms with E-state index < -0.39 is 0 Å². The van der Waals surface area contributed by atoms with Crippen molar-refractivity contribution in [1.82, 2.24) is 9.80 Å². The first kappa shape index (κ1) is 18.9. The Balaban J connectivity index is 2.11. The number of likely N-dealkylation sites (N-methyl/N-ethyl adjacent to an activating group) is 1. The lowest BCUT2D eigenvalue weighted by Crippen LogP contribution is -2.47. The molecule has 0 spiro atoms. The van der Waals surface area contributed by atoms with Crippen molar-refractivity contribution in [2.45, 2.75) is 18.9 Å². The van der Waals surface area contributed by atoms with E-state index in [1.54, 1.807) is 14.2 Å². The Morgan fingerprint density at radius 2 is 2.04 bits per heavy atom. The van der Waals surface area contributed by atoms with Gasteiger partial charge in [-0.15, -0.1) is 0 Å². The molecule has 0 aliphatic carbocycles. The highest BCUT2D eigenvalue weighted by molar-refractivity contribution is 7.99. The summed E-state index contributed by atoms with van der Waals surface area (Å²) in [5.74, 6) is 3.68. The summed E-state index contributed by atoms with van der Waals surface area (Å²) in [6.07, 6.45) is 1.46. The van der Waals surface area contributed by atoms with E-state index >= 15 is 0 Å². The van der Waals surface area contributed by atoms with Crippen LogP contribution in [0.5, 0.6) is 11.5 Å². The number of hydrogen-bond acceptors (Lipinski definition) is 5. The van der Waals surface area contributed by atoms with Crippen LogP contribution < -0.4 is 9.47 Å². The van der Waals surface area contributed by atoms with Crippen LogP contribution in [0.15, 0.2) is 18.2 Å². The molecule has 0 N–H and O–H groups in total. The van der Waals surface area contributed by atoms with Crippen molar-refractivity contribution in [1.29, 1.82) is 0 Å². The first-order valence-electron chi connectivity index (χ1n) is 8.28. The summed E-state index contributed by atoms with van der Waals surface area (Å²) in [5, 5.41) is 0. The van der Waals surface area contributed by atoms with E-state index in [1.807, 2.05) is 30.0 Å². The van der Waals surface area contributed by atoms with E-state index in [4.69, 9.17) is 9.47 Å². The third-order valence-corrected chi connectivity index (χ3v) is 5.34. The molecule has 1 unspecified atom stereocenters. The Labute approximate surface area is 149 Å². The smallest absolute Gasteiger partial charge is 0.227 e. The number of hydrogen-bond donors (Lipinski definition) is 0. The number of benzene rings is 1. The molecule has 0 saturated carbocycles. The number of amides is 1. The molecule has 24 heavy (non-hydrogen) atoms. The Morgan fingerprint density at radius 1 is 1.29 bits per heavy atom. The maximum atomic E-state index is 12.9. The topological polar surface area (TPSA) is 42.0 Å². The molecule has 0 radical (unpaired) electrons. The van der Waals surface area contributed by atoms with Gasteiger partial charge in [0.2, 0.25) is 5.91 Å². The standard InChI is InChI=1S/C18H28N2O3S/c1-19(2)12-15-13-24-9-5-8-20(15)18(21)11-14-6-7-16(22-3)17(10-14)23-4/h6-7,10,15H,5,8-9,11-13H2,1-4H3. The fourth-order valence-electron chi connectivity index (χ4n) is 3.00. The molecule has 2 rings (SSSR count). The normalized spacial score (nSPS) is 18.4. The van der Waals surface area contributed by atoms with Gasteiger partial charge in [-0.25, -0.2) is 0 Å². The van der Waals surface area contributed by atoms with E-state index in [1.165, 1.54) is 0 Å². The quantitative estimate of drug-likeness (QED) is 0.785. The summed E-state index contributed by atoms with van der Waals surface area (Å²) in [5.41, 5.74) is 0.957. The van der Waals surface area contributed by atoms with Crippen LogP contribution in [-0.4, -0.2) is 74.7 Å². The lowest BCUT2D eigenvalue weighted by Gasteiger charge is -2.32. The van der Waals surface area contributed by atoms with Gasteiger partial charge in [0, 0.05) is 18.8 Å². The first-order valence-corrected chi connectivity index (χ1v) is 9.43. The minimum absolute atomic E-state index is 0.191. The Hall–Kier alpha value is -1.40. The summed E-state index contributed by atoms with van der Waals surface area (Å²) in [4.78, 5) is 17.1. The third kappa shape index (κ3) is 5.05. The minimum Gasteiger partial charge on any atom is -0.493 e. The third-order valence-electron chi connectivity index (χ3n) is 4.14. The fraction of sp³-hybridized carbons (Fsp3) is 0.611. The molecule has 1 atom stereocenters. The van der Waals surface area contributed by atoms with Crippen molar-refractivity contribution in [3.05, 3.63) is 23.8 Å². The molecule has 134 valence electrons. The molecule has 1 saturated heterocycles. The second kappa shape index (κ2) is 9.18. The Bertz CT molecular complexity index is 551. The number of carbonyl (C=O) groups is 1. The van der Waals surface area contributed by atoms with Gasteiger partial charge >= 0.3 is 0 Å². The monoisotopic (exact) mass is 352 g/mol. The summed E-state index contributed by atoms with van der Waals surface area (Å²) >= 11 is 1.95. The van der Waals surface area contributed by atoms with Crippen molar-refractivity contribution < 1.29 is 14.3 Å². The lowest BCUT2D eigenvalue weighted by atomic mass is 10.1. The van der Waals surface area contributed by atoms with Gasteiger partial charge in [0.05, 0.1) is 26.7 Å². The number of nitrogens with zero attached hydrogens (tertiary/aromatic N) is 2. The van der Waals surface area contributed by atoms with Crippen molar-refractivity contribution in [3.8, 4) is 11.5 Å². The second-order valence-corrected chi connectivity index (χ2v) is 7.45. The first-order chi connectivity index (χ1) is 11.5. The van der Waals surface area contributed by atoms with Crippen molar-refractivity contribution in [2.75, 3.05) is 52.9 Å². The lowest BCUT2D eigenvalue weighted by molar-refractivity contribution is -0.132. The SMILES string of the molecule is COc1ccc(CC(=O)N2CCCSCC2CN(C)C)cc1OC. The van der Waals surface area contributed by atoms with E-state index in [0.717, 1.165) is 36.6 Å². The van der Waals surface area contributed by atoms with Crippen LogP contribution in [0.3, 0.4) is 0 Å². The van der Waals surface area contributed by atoms with E-state index in [-0.39, 0.29) is 11.9 Å². The molecule has 1 aromatic carbocycles. The predicted molar refractivity (Wildman–Crippen MR) is 99.2 cm³/mol. The van der Waals surface area contributed by atoms with Crippen LogP contribution in [0.4, 0.5) is 0 Å². The molecule has 0 aromatic heterocycles. The fourth-order valence-corrected chi connectivity index (χ4v) is 4.05. The summed E-state index contributed by atoms with van der Waals surface area (Å²) < 4.78 is 10.6. The molecule has 1 aliphatic rings. The molecule has 1 fully saturated rings. The highest BCUT2D eigenvalue weighted by atomic mass is 32.2. The average Bonchev–Trinajstić information content (AvgIpc) is 2.79. The summed E-state index contributed by atoms with van der Waals surface area (Å²) in [6, 6.07) is 5.97. The van der Waals surface area contributed by atoms with Gasteiger partial charge in [0.1, 0.15) is 0 Å². The number of rotatable bonds is 6. The molecular weight excluding hydrogens is 324 g/mol.